The zero-order chi connectivity index (χ0) is 14.5. The lowest BCUT2D eigenvalue weighted by Crippen LogP contribution is -2.10. The minimum Gasteiger partial charge on any atom is -0.494 e. The minimum atomic E-state index is 0.0153. The molecule has 5 heteroatoms. The number of pyridine rings is 1. The van der Waals surface area contributed by atoms with Gasteiger partial charge in [0.2, 0.25) is 0 Å². The molecule has 0 N–H and O–H groups in total. The molecule has 0 radical (unpaired) electrons. The van der Waals surface area contributed by atoms with E-state index >= 15 is 0 Å². The largest absolute Gasteiger partial charge is 0.494 e. The summed E-state index contributed by atoms with van der Waals surface area (Å²) in [5, 5.41) is 4.46. The summed E-state index contributed by atoms with van der Waals surface area (Å²) in [6.45, 7) is 4.84. The van der Waals surface area contributed by atoms with Crippen molar-refractivity contribution in [1.29, 1.82) is 0 Å². The second-order valence-corrected chi connectivity index (χ2v) is 4.47. The highest BCUT2D eigenvalue weighted by Gasteiger charge is 2.15. The Hall–Kier alpha value is -2.17. The highest BCUT2D eigenvalue weighted by atomic mass is 16.5. The normalized spacial score (nSPS) is 10.6. The van der Waals surface area contributed by atoms with Crippen molar-refractivity contribution >= 4 is 5.78 Å². The second kappa shape index (κ2) is 6.32. The number of aromatic nitrogens is 3. The smallest absolute Gasteiger partial charge is 0.172 e. The van der Waals surface area contributed by atoms with Gasteiger partial charge >= 0.3 is 0 Å². The summed E-state index contributed by atoms with van der Waals surface area (Å²) in [6.07, 6.45) is 4.35. The van der Waals surface area contributed by atoms with Gasteiger partial charge in [0.25, 0.3) is 0 Å². The van der Waals surface area contributed by atoms with Crippen LogP contribution in [0.2, 0.25) is 0 Å². The zero-order valence-electron chi connectivity index (χ0n) is 12.1. The Kier molecular flexibility index (Phi) is 4.50. The van der Waals surface area contributed by atoms with Gasteiger partial charge in [-0.3, -0.25) is 14.5 Å². The van der Waals surface area contributed by atoms with Crippen LogP contribution in [0.25, 0.3) is 0 Å². The Morgan fingerprint density at radius 1 is 1.40 bits per heavy atom. The molecule has 0 amide bonds. The molecule has 0 fully saturated rings. The molecule has 5 nitrogen and oxygen atoms in total. The van der Waals surface area contributed by atoms with Crippen LogP contribution in [0.3, 0.4) is 0 Å². The molecule has 2 aromatic heterocycles. The SMILES string of the molecule is CCc1cc(CC(=O)c2ccncc2OC)n(CC)n1. The first-order chi connectivity index (χ1) is 9.69. The fourth-order valence-electron chi connectivity index (χ4n) is 2.14. The first-order valence-corrected chi connectivity index (χ1v) is 6.76. The van der Waals surface area contributed by atoms with Gasteiger partial charge in [-0.1, -0.05) is 6.92 Å². The lowest BCUT2D eigenvalue weighted by atomic mass is 10.1. The van der Waals surface area contributed by atoms with Crippen molar-refractivity contribution in [3.8, 4) is 5.75 Å². The molecule has 2 aromatic rings. The number of hydrogen-bond donors (Lipinski definition) is 0. The van der Waals surface area contributed by atoms with E-state index in [4.69, 9.17) is 4.74 Å². The van der Waals surface area contributed by atoms with E-state index in [1.54, 1.807) is 25.6 Å². The molecule has 0 bridgehead atoms. The van der Waals surface area contributed by atoms with E-state index < -0.39 is 0 Å². The van der Waals surface area contributed by atoms with Crippen molar-refractivity contribution in [1.82, 2.24) is 14.8 Å². The molecule has 0 aromatic carbocycles. The summed E-state index contributed by atoms with van der Waals surface area (Å²) in [5.41, 5.74) is 2.51. The predicted octanol–water partition coefficient (Wildman–Crippen LogP) is 2.29. The number of carbonyl (C=O) groups is 1. The van der Waals surface area contributed by atoms with E-state index in [-0.39, 0.29) is 5.78 Å². The standard InChI is InChI=1S/C15H19N3O2/c1-4-11-8-12(18(5-2)17-11)9-14(19)13-6-7-16-10-15(13)20-3/h6-8,10H,4-5,9H2,1-3H3. The molecule has 0 aliphatic heterocycles. The third-order valence-electron chi connectivity index (χ3n) is 3.22. The number of hydrogen-bond acceptors (Lipinski definition) is 4. The summed E-state index contributed by atoms with van der Waals surface area (Å²) in [4.78, 5) is 16.4. The summed E-state index contributed by atoms with van der Waals surface area (Å²) < 4.78 is 7.06. The van der Waals surface area contributed by atoms with E-state index in [2.05, 4.69) is 17.0 Å². The van der Waals surface area contributed by atoms with Crippen molar-refractivity contribution in [3.05, 3.63) is 41.5 Å². The van der Waals surface area contributed by atoms with Crippen LogP contribution in [0.15, 0.2) is 24.5 Å². The lowest BCUT2D eigenvalue weighted by Gasteiger charge is -2.07. The molecule has 0 unspecified atom stereocenters. The van der Waals surface area contributed by atoms with Crippen molar-refractivity contribution in [2.45, 2.75) is 33.2 Å². The van der Waals surface area contributed by atoms with Crippen LogP contribution in [0.5, 0.6) is 5.75 Å². The van der Waals surface area contributed by atoms with E-state index in [0.717, 1.165) is 24.4 Å². The maximum absolute atomic E-state index is 12.4. The fourth-order valence-corrected chi connectivity index (χ4v) is 2.14. The molecule has 0 atom stereocenters. The van der Waals surface area contributed by atoms with Crippen LogP contribution in [-0.4, -0.2) is 27.7 Å². The quantitative estimate of drug-likeness (QED) is 0.758. The maximum atomic E-state index is 12.4. The third kappa shape index (κ3) is 2.87. The second-order valence-electron chi connectivity index (χ2n) is 4.47. The summed E-state index contributed by atoms with van der Waals surface area (Å²) in [5.74, 6) is 0.525. The van der Waals surface area contributed by atoms with Crippen LogP contribution in [0.1, 0.15) is 35.6 Å². The molecule has 0 aliphatic carbocycles. The van der Waals surface area contributed by atoms with Crippen molar-refractivity contribution in [2.75, 3.05) is 7.11 Å². The summed E-state index contributed by atoms with van der Waals surface area (Å²) >= 11 is 0. The topological polar surface area (TPSA) is 57.0 Å². The molecule has 0 spiro atoms. The zero-order valence-corrected chi connectivity index (χ0v) is 12.1. The Bertz CT molecular complexity index is 605. The van der Waals surface area contributed by atoms with E-state index in [1.807, 2.05) is 17.7 Å². The first-order valence-electron chi connectivity index (χ1n) is 6.76. The van der Waals surface area contributed by atoms with Gasteiger partial charge < -0.3 is 4.74 Å². The Morgan fingerprint density at radius 3 is 2.85 bits per heavy atom. The van der Waals surface area contributed by atoms with Crippen molar-refractivity contribution < 1.29 is 9.53 Å². The Labute approximate surface area is 118 Å². The van der Waals surface area contributed by atoms with Gasteiger partial charge in [-0.25, -0.2) is 0 Å². The van der Waals surface area contributed by atoms with Gasteiger partial charge in [0, 0.05) is 18.4 Å². The molecule has 2 heterocycles. The Morgan fingerprint density at radius 2 is 2.20 bits per heavy atom. The highest BCUT2D eigenvalue weighted by Crippen LogP contribution is 2.18. The first kappa shape index (κ1) is 14.2. The number of nitrogens with zero attached hydrogens (tertiary/aromatic N) is 3. The molecule has 20 heavy (non-hydrogen) atoms. The van der Waals surface area contributed by atoms with E-state index in [9.17, 15) is 4.79 Å². The highest BCUT2D eigenvalue weighted by molar-refractivity contribution is 5.99. The number of carbonyl (C=O) groups excluding carboxylic acids is 1. The molecular formula is C15H19N3O2. The van der Waals surface area contributed by atoms with Crippen molar-refractivity contribution in [3.63, 3.8) is 0 Å². The van der Waals surface area contributed by atoms with Crippen LogP contribution >= 0.6 is 0 Å². The van der Waals surface area contributed by atoms with E-state index in [0.29, 0.717) is 17.7 Å². The average molecular weight is 273 g/mol. The molecule has 0 saturated carbocycles. The van der Waals surface area contributed by atoms with Gasteiger partial charge in [-0.15, -0.1) is 0 Å². The van der Waals surface area contributed by atoms with Gasteiger partial charge in [0.15, 0.2) is 5.78 Å². The Balaban J connectivity index is 2.25. The molecule has 2 rings (SSSR count). The fraction of sp³-hybridized carbons (Fsp3) is 0.400. The number of ketones is 1. The molecule has 0 aliphatic rings. The van der Waals surface area contributed by atoms with Crippen LogP contribution in [-0.2, 0) is 19.4 Å². The van der Waals surface area contributed by atoms with Crippen LogP contribution < -0.4 is 4.74 Å². The van der Waals surface area contributed by atoms with Gasteiger partial charge in [0.05, 0.1) is 31.0 Å². The van der Waals surface area contributed by atoms with Crippen LogP contribution in [0, 0.1) is 0 Å². The van der Waals surface area contributed by atoms with Gasteiger partial charge in [-0.2, -0.15) is 5.10 Å². The predicted molar refractivity (Wildman–Crippen MR) is 76.1 cm³/mol. The van der Waals surface area contributed by atoms with Crippen LogP contribution in [0.4, 0.5) is 0 Å². The average Bonchev–Trinajstić information content (AvgIpc) is 2.89. The summed E-state index contributed by atoms with van der Waals surface area (Å²) in [7, 11) is 1.54. The van der Waals surface area contributed by atoms with Gasteiger partial charge in [0.1, 0.15) is 5.75 Å². The van der Waals surface area contributed by atoms with Gasteiger partial charge in [-0.05, 0) is 25.5 Å². The monoisotopic (exact) mass is 273 g/mol. The number of ether oxygens (including phenoxy) is 1. The molecule has 106 valence electrons. The van der Waals surface area contributed by atoms with Crippen molar-refractivity contribution in [2.24, 2.45) is 0 Å². The number of methoxy groups -OCH3 is 1. The minimum absolute atomic E-state index is 0.0153. The van der Waals surface area contributed by atoms with E-state index in [1.165, 1.54) is 0 Å². The maximum Gasteiger partial charge on any atom is 0.172 e. The molecular weight excluding hydrogens is 254 g/mol. The number of aryl methyl sites for hydroxylation is 2. The third-order valence-corrected chi connectivity index (χ3v) is 3.22. The number of rotatable bonds is 6. The lowest BCUT2D eigenvalue weighted by molar-refractivity contribution is 0.0987. The summed E-state index contributed by atoms with van der Waals surface area (Å²) in [6, 6.07) is 3.68. The number of Topliss-reactive ketones (excluding diaryl/α,β-unsaturated/α-hetero) is 1. The molecule has 0 saturated heterocycles.